The summed E-state index contributed by atoms with van der Waals surface area (Å²) >= 11 is 0. The first-order valence-electron chi connectivity index (χ1n) is 12.5. The molecule has 0 saturated carbocycles. The van der Waals surface area contributed by atoms with Crippen LogP contribution in [0.5, 0.6) is 0 Å². The molecule has 0 heterocycles. The summed E-state index contributed by atoms with van der Waals surface area (Å²) in [6.45, 7) is 2.53. The highest BCUT2D eigenvalue weighted by Gasteiger charge is 2.38. The van der Waals surface area contributed by atoms with Gasteiger partial charge in [-0.1, -0.05) is 78.9 Å². The molecular weight excluding hydrogens is 533 g/mol. The molecule has 4 aromatic carbocycles. The zero-order valence-electron chi connectivity index (χ0n) is 21.9. The minimum Gasteiger partial charge on any atom is -0.478 e. The lowest BCUT2D eigenvalue weighted by Gasteiger charge is -2.23. The van der Waals surface area contributed by atoms with Crippen LogP contribution in [0.4, 0.5) is 13.2 Å². The molecule has 0 aliphatic rings. The Morgan fingerprint density at radius 1 is 0.707 bits per heavy atom. The fraction of sp³-hybridized carbons (Fsp3) is 0.156. The standard InChI is InChI=1S/C30H26N2O2.C2HF3O2/c31-20-24-6-8-25(9-7-24)21-32(19-18-23-4-2-1-3-5-23)22-26-10-12-27(13-11-26)28-14-16-29(17-15-28)30(33)34;3-2(4,5)1(6)7/h1-17H,18-19,21-22H2,(H,33,34);(H,6,7). The van der Waals surface area contributed by atoms with E-state index in [1.165, 1.54) is 16.7 Å². The molecule has 0 bridgehead atoms. The Hall–Kier alpha value is -4.94. The average molecular weight is 561 g/mol. The zero-order chi connectivity index (χ0) is 29.8. The van der Waals surface area contributed by atoms with E-state index < -0.39 is 18.1 Å². The number of alkyl halides is 3. The van der Waals surface area contributed by atoms with E-state index in [4.69, 9.17) is 20.3 Å². The first kappa shape index (κ1) is 30.6. The van der Waals surface area contributed by atoms with E-state index in [1.807, 2.05) is 42.5 Å². The molecule has 0 aromatic heterocycles. The number of aromatic carboxylic acids is 1. The van der Waals surface area contributed by atoms with Gasteiger partial charge in [-0.15, -0.1) is 0 Å². The van der Waals surface area contributed by atoms with Crippen LogP contribution in [0.1, 0.15) is 32.6 Å². The van der Waals surface area contributed by atoms with Crippen LogP contribution in [0, 0.1) is 11.3 Å². The predicted molar refractivity (Wildman–Crippen MR) is 148 cm³/mol. The summed E-state index contributed by atoms with van der Waals surface area (Å²) in [6.07, 6.45) is -4.12. The van der Waals surface area contributed by atoms with Gasteiger partial charge in [0.2, 0.25) is 0 Å². The number of hydrogen-bond acceptors (Lipinski definition) is 4. The van der Waals surface area contributed by atoms with Crippen LogP contribution in [-0.2, 0) is 24.3 Å². The molecule has 0 amide bonds. The molecular formula is C32H27F3N2O4. The maximum atomic E-state index is 11.1. The first-order chi connectivity index (χ1) is 19.5. The van der Waals surface area contributed by atoms with Crippen molar-refractivity contribution in [3.63, 3.8) is 0 Å². The van der Waals surface area contributed by atoms with Crippen molar-refractivity contribution in [2.75, 3.05) is 6.54 Å². The number of aliphatic carboxylic acids is 1. The molecule has 0 aliphatic heterocycles. The van der Waals surface area contributed by atoms with Crippen molar-refractivity contribution in [1.82, 2.24) is 4.90 Å². The smallest absolute Gasteiger partial charge is 0.478 e. The van der Waals surface area contributed by atoms with Gasteiger partial charge in [-0.05, 0) is 58.5 Å². The van der Waals surface area contributed by atoms with Gasteiger partial charge in [-0.3, -0.25) is 4.90 Å². The topological polar surface area (TPSA) is 102 Å². The van der Waals surface area contributed by atoms with E-state index in [2.05, 4.69) is 59.5 Å². The predicted octanol–water partition coefficient (Wildman–Crippen LogP) is 6.80. The second-order valence-corrected chi connectivity index (χ2v) is 9.14. The van der Waals surface area contributed by atoms with Crippen LogP contribution >= 0.6 is 0 Å². The Balaban J connectivity index is 0.000000587. The number of nitrogens with zero attached hydrogens (tertiary/aromatic N) is 2. The van der Waals surface area contributed by atoms with E-state index in [0.29, 0.717) is 5.56 Å². The van der Waals surface area contributed by atoms with Gasteiger partial charge in [0.05, 0.1) is 17.2 Å². The molecule has 210 valence electrons. The van der Waals surface area contributed by atoms with Gasteiger partial charge in [0.1, 0.15) is 0 Å². The van der Waals surface area contributed by atoms with Crippen molar-refractivity contribution in [1.29, 1.82) is 5.26 Å². The number of carbonyl (C=O) groups is 2. The van der Waals surface area contributed by atoms with Gasteiger partial charge < -0.3 is 10.2 Å². The molecule has 41 heavy (non-hydrogen) atoms. The van der Waals surface area contributed by atoms with Gasteiger partial charge in [-0.2, -0.15) is 18.4 Å². The van der Waals surface area contributed by atoms with Crippen LogP contribution in [0.3, 0.4) is 0 Å². The molecule has 0 radical (unpaired) electrons. The van der Waals surface area contributed by atoms with E-state index >= 15 is 0 Å². The summed E-state index contributed by atoms with van der Waals surface area (Å²) in [5.41, 5.74) is 6.73. The molecule has 0 unspecified atom stereocenters. The van der Waals surface area contributed by atoms with Gasteiger partial charge in [0.15, 0.2) is 0 Å². The summed E-state index contributed by atoms with van der Waals surface area (Å²) in [5, 5.41) is 25.3. The van der Waals surface area contributed by atoms with E-state index in [-0.39, 0.29) is 5.56 Å². The maximum Gasteiger partial charge on any atom is 0.490 e. The number of benzene rings is 4. The molecule has 0 spiro atoms. The Kier molecular flexibility index (Phi) is 10.8. The summed E-state index contributed by atoms with van der Waals surface area (Å²) < 4.78 is 31.7. The lowest BCUT2D eigenvalue weighted by Crippen LogP contribution is -2.25. The molecule has 9 heteroatoms. The Morgan fingerprint density at radius 3 is 1.61 bits per heavy atom. The summed E-state index contributed by atoms with van der Waals surface area (Å²) in [7, 11) is 0. The van der Waals surface area contributed by atoms with E-state index in [1.54, 1.807) is 12.1 Å². The molecule has 6 nitrogen and oxygen atoms in total. The molecule has 0 saturated heterocycles. The third-order valence-corrected chi connectivity index (χ3v) is 6.12. The van der Waals surface area contributed by atoms with Gasteiger partial charge in [-0.25, -0.2) is 9.59 Å². The zero-order valence-corrected chi connectivity index (χ0v) is 21.9. The fourth-order valence-corrected chi connectivity index (χ4v) is 3.95. The minimum absolute atomic E-state index is 0.289. The second-order valence-electron chi connectivity index (χ2n) is 9.14. The van der Waals surface area contributed by atoms with Crippen molar-refractivity contribution < 1.29 is 33.0 Å². The third kappa shape index (κ3) is 9.95. The van der Waals surface area contributed by atoms with Crippen molar-refractivity contribution in [2.45, 2.75) is 25.7 Å². The van der Waals surface area contributed by atoms with E-state index in [9.17, 15) is 18.0 Å². The number of hydrogen-bond donors (Lipinski definition) is 2. The number of carboxylic acids is 2. The normalized spacial score (nSPS) is 10.8. The van der Waals surface area contributed by atoms with Crippen molar-refractivity contribution in [3.05, 3.63) is 131 Å². The molecule has 0 fully saturated rings. The Bertz CT molecular complexity index is 1460. The van der Waals surface area contributed by atoms with Crippen molar-refractivity contribution in [2.24, 2.45) is 0 Å². The van der Waals surface area contributed by atoms with Gasteiger partial charge >= 0.3 is 18.1 Å². The third-order valence-electron chi connectivity index (χ3n) is 6.12. The number of halogens is 3. The molecule has 0 atom stereocenters. The van der Waals surface area contributed by atoms with Crippen molar-refractivity contribution in [3.8, 4) is 17.2 Å². The summed E-state index contributed by atoms with van der Waals surface area (Å²) in [5.74, 6) is -3.67. The highest BCUT2D eigenvalue weighted by atomic mass is 19.4. The van der Waals surface area contributed by atoms with Crippen LogP contribution in [-0.4, -0.2) is 39.8 Å². The lowest BCUT2D eigenvalue weighted by molar-refractivity contribution is -0.192. The number of carboxylic acid groups (broad SMARTS) is 2. The quantitative estimate of drug-likeness (QED) is 0.233. The molecule has 4 aromatic rings. The number of nitriles is 1. The van der Waals surface area contributed by atoms with Crippen LogP contribution in [0.15, 0.2) is 103 Å². The van der Waals surface area contributed by atoms with Crippen LogP contribution in [0.25, 0.3) is 11.1 Å². The molecule has 4 rings (SSSR count). The monoisotopic (exact) mass is 560 g/mol. The maximum absolute atomic E-state index is 11.1. The Morgan fingerprint density at radius 2 is 1.17 bits per heavy atom. The molecule has 2 N–H and O–H groups in total. The van der Waals surface area contributed by atoms with Crippen LogP contribution < -0.4 is 0 Å². The number of rotatable bonds is 9. The summed E-state index contributed by atoms with van der Waals surface area (Å²) in [6, 6.07) is 35.9. The fourth-order valence-electron chi connectivity index (χ4n) is 3.95. The highest BCUT2D eigenvalue weighted by Crippen LogP contribution is 2.22. The second kappa shape index (κ2) is 14.4. The Labute approximate surface area is 235 Å². The van der Waals surface area contributed by atoms with Crippen molar-refractivity contribution >= 4 is 11.9 Å². The van der Waals surface area contributed by atoms with Gasteiger partial charge in [0.25, 0.3) is 0 Å². The largest absolute Gasteiger partial charge is 0.490 e. The average Bonchev–Trinajstić information content (AvgIpc) is 2.97. The summed E-state index contributed by atoms with van der Waals surface area (Å²) in [4.78, 5) is 22.4. The first-order valence-corrected chi connectivity index (χ1v) is 12.5. The minimum atomic E-state index is -5.08. The lowest BCUT2D eigenvalue weighted by atomic mass is 10.0. The van der Waals surface area contributed by atoms with Crippen LogP contribution in [0.2, 0.25) is 0 Å². The van der Waals surface area contributed by atoms with Gasteiger partial charge in [0, 0.05) is 19.6 Å². The SMILES string of the molecule is N#Cc1ccc(CN(CCc2ccccc2)Cc2ccc(-c3ccc(C(=O)O)cc3)cc2)cc1.O=C(O)C(F)(F)F. The highest BCUT2D eigenvalue weighted by molar-refractivity contribution is 5.88. The van der Waals surface area contributed by atoms with E-state index in [0.717, 1.165) is 37.2 Å². The molecule has 0 aliphatic carbocycles.